The van der Waals surface area contributed by atoms with E-state index >= 15 is 0 Å². The first kappa shape index (κ1) is 15.8. The van der Waals surface area contributed by atoms with E-state index in [1.807, 2.05) is 24.3 Å². The third-order valence-electron chi connectivity index (χ3n) is 4.07. The van der Waals surface area contributed by atoms with Gasteiger partial charge in [0.25, 0.3) is 0 Å². The number of hydrogen-bond donors (Lipinski definition) is 2. The molecule has 1 aromatic rings. The number of hydrogen-bond acceptors (Lipinski definition) is 4. The summed E-state index contributed by atoms with van der Waals surface area (Å²) >= 11 is 0. The highest BCUT2D eigenvalue weighted by molar-refractivity contribution is 5.92. The Bertz CT molecular complexity index is 478. The van der Waals surface area contributed by atoms with Crippen LogP contribution in [0.1, 0.15) is 19.8 Å². The number of methoxy groups -OCH3 is 1. The number of carbonyl (C=O) groups excluding carboxylic acids is 1. The Morgan fingerprint density at radius 3 is 3.05 bits per heavy atom. The molecule has 1 aliphatic rings. The number of rotatable bonds is 5. The first-order valence-corrected chi connectivity index (χ1v) is 7.50. The van der Waals surface area contributed by atoms with Gasteiger partial charge in [0.15, 0.2) is 0 Å². The van der Waals surface area contributed by atoms with Gasteiger partial charge in [-0.15, -0.1) is 0 Å². The van der Waals surface area contributed by atoms with Crippen molar-refractivity contribution in [1.29, 1.82) is 0 Å². The summed E-state index contributed by atoms with van der Waals surface area (Å²) in [4.78, 5) is 14.4. The van der Waals surface area contributed by atoms with Crippen molar-refractivity contribution in [3.63, 3.8) is 0 Å². The molecule has 0 radical (unpaired) electrons. The molecule has 0 aromatic heterocycles. The third-order valence-corrected chi connectivity index (χ3v) is 4.07. The summed E-state index contributed by atoms with van der Waals surface area (Å²) < 4.78 is 5.15. The normalized spacial score (nSPS) is 22.8. The maximum absolute atomic E-state index is 12.2. The number of nitrogens with zero attached hydrogens (tertiary/aromatic N) is 1. The summed E-state index contributed by atoms with van der Waals surface area (Å²) in [6.45, 7) is 4.19. The Labute approximate surface area is 126 Å². The van der Waals surface area contributed by atoms with Gasteiger partial charge in [0.1, 0.15) is 5.75 Å². The average molecular weight is 291 g/mol. The predicted molar refractivity (Wildman–Crippen MR) is 84.4 cm³/mol. The molecule has 116 valence electrons. The molecule has 1 saturated heterocycles. The zero-order valence-electron chi connectivity index (χ0n) is 12.8. The van der Waals surface area contributed by atoms with E-state index in [4.69, 9.17) is 10.5 Å². The fourth-order valence-electron chi connectivity index (χ4n) is 2.84. The van der Waals surface area contributed by atoms with Crippen LogP contribution in [0.3, 0.4) is 0 Å². The molecular formula is C16H25N3O2. The van der Waals surface area contributed by atoms with Crippen LogP contribution in [0.5, 0.6) is 5.75 Å². The van der Waals surface area contributed by atoms with Gasteiger partial charge in [-0.2, -0.15) is 0 Å². The molecule has 0 aliphatic carbocycles. The highest BCUT2D eigenvalue weighted by Crippen LogP contribution is 2.22. The lowest BCUT2D eigenvalue weighted by atomic mass is 9.92. The van der Waals surface area contributed by atoms with E-state index in [2.05, 4.69) is 17.1 Å². The molecule has 0 saturated carbocycles. The van der Waals surface area contributed by atoms with Crippen molar-refractivity contribution in [2.75, 3.05) is 32.1 Å². The lowest BCUT2D eigenvalue weighted by Gasteiger charge is -2.37. The predicted octanol–water partition coefficient (Wildman–Crippen LogP) is 1.69. The van der Waals surface area contributed by atoms with Gasteiger partial charge in [-0.25, -0.2) is 0 Å². The molecule has 5 heteroatoms. The van der Waals surface area contributed by atoms with Gasteiger partial charge >= 0.3 is 0 Å². The van der Waals surface area contributed by atoms with Crippen LogP contribution in [0.2, 0.25) is 0 Å². The monoisotopic (exact) mass is 291 g/mol. The fraction of sp³-hybridized carbons (Fsp3) is 0.562. The van der Waals surface area contributed by atoms with Crippen LogP contribution < -0.4 is 15.8 Å². The summed E-state index contributed by atoms with van der Waals surface area (Å²) in [5.74, 6) is 1.42. The summed E-state index contributed by atoms with van der Waals surface area (Å²) in [5.41, 5.74) is 6.59. The van der Waals surface area contributed by atoms with Crippen LogP contribution in [-0.2, 0) is 4.79 Å². The van der Waals surface area contributed by atoms with Crippen LogP contribution in [0.4, 0.5) is 5.69 Å². The number of nitrogens with one attached hydrogen (secondary N) is 1. The number of ether oxygens (including phenoxy) is 1. The zero-order valence-corrected chi connectivity index (χ0v) is 12.8. The molecule has 1 aliphatic heterocycles. The molecule has 5 nitrogen and oxygen atoms in total. The SMILES string of the molecule is COc1cccc(NC(=O)CN2CCC(C)CC2CN)c1. The third kappa shape index (κ3) is 4.44. The Morgan fingerprint density at radius 2 is 2.33 bits per heavy atom. The van der Waals surface area contributed by atoms with E-state index < -0.39 is 0 Å². The highest BCUT2D eigenvalue weighted by Gasteiger charge is 2.26. The van der Waals surface area contributed by atoms with Crippen molar-refractivity contribution in [3.05, 3.63) is 24.3 Å². The van der Waals surface area contributed by atoms with E-state index in [9.17, 15) is 4.79 Å². The lowest BCUT2D eigenvalue weighted by molar-refractivity contribution is -0.118. The molecular weight excluding hydrogens is 266 g/mol. The molecule has 21 heavy (non-hydrogen) atoms. The molecule has 2 atom stereocenters. The smallest absolute Gasteiger partial charge is 0.238 e. The molecule has 2 unspecified atom stereocenters. The highest BCUT2D eigenvalue weighted by atomic mass is 16.5. The van der Waals surface area contributed by atoms with Gasteiger partial charge in [-0.05, 0) is 37.4 Å². The first-order valence-electron chi connectivity index (χ1n) is 7.50. The number of anilines is 1. The standard InChI is InChI=1S/C16H25N3O2/c1-12-6-7-19(14(8-12)10-17)11-16(20)18-13-4-3-5-15(9-13)21-2/h3-5,9,12,14H,6-8,10-11,17H2,1-2H3,(H,18,20). The van der Waals surface area contributed by atoms with Crippen molar-refractivity contribution >= 4 is 11.6 Å². The van der Waals surface area contributed by atoms with E-state index in [0.717, 1.165) is 30.8 Å². The minimum absolute atomic E-state index is 0.00347. The molecule has 1 heterocycles. The van der Waals surface area contributed by atoms with Crippen molar-refractivity contribution in [2.24, 2.45) is 11.7 Å². The maximum atomic E-state index is 12.2. The van der Waals surface area contributed by atoms with Gasteiger partial charge in [0.05, 0.1) is 13.7 Å². The van der Waals surface area contributed by atoms with Crippen molar-refractivity contribution < 1.29 is 9.53 Å². The van der Waals surface area contributed by atoms with Gasteiger partial charge in [0.2, 0.25) is 5.91 Å². The number of amides is 1. The van der Waals surface area contributed by atoms with Crippen molar-refractivity contribution in [2.45, 2.75) is 25.8 Å². The van der Waals surface area contributed by atoms with Gasteiger partial charge in [-0.3, -0.25) is 9.69 Å². The van der Waals surface area contributed by atoms with Crippen LogP contribution in [0.15, 0.2) is 24.3 Å². The first-order chi connectivity index (χ1) is 10.1. The maximum Gasteiger partial charge on any atom is 0.238 e. The number of likely N-dealkylation sites (tertiary alicyclic amines) is 1. The summed E-state index contributed by atoms with van der Waals surface area (Å²) in [5, 5.41) is 2.92. The largest absolute Gasteiger partial charge is 0.497 e. The molecule has 0 bridgehead atoms. The summed E-state index contributed by atoms with van der Waals surface area (Å²) in [6, 6.07) is 7.70. The van der Waals surface area contributed by atoms with E-state index in [1.165, 1.54) is 0 Å². The zero-order chi connectivity index (χ0) is 15.2. The van der Waals surface area contributed by atoms with Crippen molar-refractivity contribution in [3.8, 4) is 5.75 Å². The average Bonchev–Trinajstić information content (AvgIpc) is 2.49. The second kappa shape index (κ2) is 7.43. The quantitative estimate of drug-likeness (QED) is 0.866. The molecule has 2 rings (SSSR count). The van der Waals surface area contributed by atoms with Gasteiger partial charge in [0, 0.05) is 24.3 Å². The number of carbonyl (C=O) groups is 1. The minimum Gasteiger partial charge on any atom is -0.497 e. The van der Waals surface area contributed by atoms with Crippen LogP contribution in [0, 0.1) is 5.92 Å². The Morgan fingerprint density at radius 1 is 1.52 bits per heavy atom. The van der Waals surface area contributed by atoms with Gasteiger partial charge < -0.3 is 15.8 Å². The van der Waals surface area contributed by atoms with Crippen molar-refractivity contribution in [1.82, 2.24) is 4.90 Å². The molecule has 3 N–H and O–H groups in total. The second-order valence-electron chi connectivity index (χ2n) is 5.77. The van der Waals surface area contributed by atoms with Crippen LogP contribution >= 0.6 is 0 Å². The molecule has 1 aromatic carbocycles. The van der Waals surface area contributed by atoms with E-state index in [0.29, 0.717) is 25.0 Å². The topological polar surface area (TPSA) is 67.6 Å². The second-order valence-corrected chi connectivity index (χ2v) is 5.77. The molecule has 0 spiro atoms. The number of benzene rings is 1. The number of piperidine rings is 1. The van der Waals surface area contributed by atoms with Crippen LogP contribution in [-0.4, -0.2) is 43.6 Å². The van der Waals surface area contributed by atoms with E-state index in [-0.39, 0.29) is 5.91 Å². The Balaban J connectivity index is 1.91. The minimum atomic E-state index is -0.00347. The molecule has 1 amide bonds. The summed E-state index contributed by atoms with van der Waals surface area (Å²) in [7, 11) is 1.61. The Kier molecular flexibility index (Phi) is 5.59. The van der Waals surface area contributed by atoms with E-state index in [1.54, 1.807) is 7.11 Å². The van der Waals surface area contributed by atoms with Gasteiger partial charge in [-0.1, -0.05) is 13.0 Å². The summed E-state index contributed by atoms with van der Waals surface area (Å²) in [6.07, 6.45) is 2.20. The van der Waals surface area contributed by atoms with Crippen LogP contribution in [0.25, 0.3) is 0 Å². The Hall–Kier alpha value is -1.59. The fourth-order valence-corrected chi connectivity index (χ4v) is 2.84. The number of nitrogens with two attached hydrogens (primary N) is 1. The lowest BCUT2D eigenvalue weighted by Crippen LogP contribution is -2.49. The molecule has 1 fully saturated rings.